The van der Waals surface area contributed by atoms with Gasteiger partial charge >= 0.3 is 18.3 Å². The lowest BCUT2D eigenvalue weighted by Gasteiger charge is -2.29. The molecular weight excluding hydrogens is 347 g/mol. The molecule has 0 unspecified atom stereocenters. The quantitative estimate of drug-likeness (QED) is 0.502. The van der Waals surface area contributed by atoms with E-state index in [4.69, 9.17) is 14.2 Å². The van der Waals surface area contributed by atoms with Crippen molar-refractivity contribution < 1.29 is 41.7 Å². The number of rotatable bonds is 4. The van der Waals surface area contributed by atoms with Crippen LogP contribution in [0.15, 0.2) is 30.0 Å². The Morgan fingerprint density at radius 2 is 1.72 bits per heavy atom. The first-order chi connectivity index (χ1) is 11.5. The minimum absolute atomic E-state index is 0.198. The maximum absolute atomic E-state index is 12.3. The molecule has 0 radical (unpaired) electrons. The first-order valence-electron chi connectivity index (χ1n) is 6.88. The number of carbonyl (C=O) groups is 2. The average Bonchev–Trinajstić information content (AvgIpc) is 2.44. The maximum Gasteiger partial charge on any atom is 0.573 e. The van der Waals surface area contributed by atoms with Gasteiger partial charge in [0, 0.05) is 31.8 Å². The number of cyclic esters (lactones) is 2. The molecule has 1 fully saturated rings. The zero-order chi connectivity index (χ0) is 18.8. The maximum atomic E-state index is 12.3. The molecule has 1 aromatic carbocycles. The molecule has 0 spiro atoms. The number of benzene rings is 1. The molecule has 0 aromatic heterocycles. The third-order valence-electron chi connectivity index (χ3n) is 2.89. The van der Waals surface area contributed by atoms with E-state index in [1.165, 1.54) is 33.1 Å². The number of methoxy groups -OCH3 is 1. The van der Waals surface area contributed by atoms with Crippen molar-refractivity contribution in [2.45, 2.75) is 26.0 Å². The molecule has 0 saturated carbocycles. The van der Waals surface area contributed by atoms with Gasteiger partial charge in [0.05, 0.1) is 7.11 Å². The molecule has 0 amide bonds. The minimum atomic E-state index is -4.87. The van der Waals surface area contributed by atoms with Gasteiger partial charge in [-0.3, -0.25) is 0 Å². The van der Waals surface area contributed by atoms with E-state index >= 15 is 0 Å². The molecule has 0 bridgehead atoms. The van der Waals surface area contributed by atoms with Gasteiger partial charge in [0.2, 0.25) is 0 Å². The molecule has 1 saturated heterocycles. The number of carbonyl (C=O) groups excluding carboxylic acids is 2. The van der Waals surface area contributed by atoms with Crippen LogP contribution in [0.2, 0.25) is 0 Å². The van der Waals surface area contributed by atoms with E-state index in [9.17, 15) is 22.8 Å². The molecule has 1 heterocycles. The highest BCUT2D eigenvalue weighted by Crippen LogP contribution is 2.34. The first kappa shape index (κ1) is 18.4. The summed E-state index contributed by atoms with van der Waals surface area (Å²) in [6, 6.07) is 3.46. The molecule has 25 heavy (non-hydrogen) atoms. The van der Waals surface area contributed by atoms with E-state index < -0.39 is 35.4 Å². The molecule has 2 rings (SSSR count). The van der Waals surface area contributed by atoms with Gasteiger partial charge in [0.1, 0.15) is 0 Å². The normalized spacial score (nSPS) is 16.6. The summed E-state index contributed by atoms with van der Waals surface area (Å²) in [7, 11) is 1.17. The number of alkyl halides is 3. The van der Waals surface area contributed by atoms with Crippen molar-refractivity contribution >= 4 is 17.6 Å². The predicted octanol–water partition coefficient (Wildman–Crippen LogP) is 2.73. The van der Waals surface area contributed by atoms with Crippen molar-refractivity contribution in [3.05, 3.63) is 30.0 Å². The molecule has 10 heteroatoms. The summed E-state index contributed by atoms with van der Waals surface area (Å²) < 4.78 is 55.3. The van der Waals surface area contributed by atoms with Crippen LogP contribution in [0.25, 0.3) is 0 Å². The summed E-state index contributed by atoms with van der Waals surface area (Å²) in [5.74, 6) is -3.89. The van der Waals surface area contributed by atoms with Gasteiger partial charge < -0.3 is 24.3 Å². The van der Waals surface area contributed by atoms with Crippen LogP contribution in [-0.4, -0.2) is 31.2 Å². The zero-order valence-electron chi connectivity index (χ0n) is 13.4. The Morgan fingerprint density at radius 3 is 2.24 bits per heavy atom. The van der Waals surface area contributed by atoms with E-state index in [0.717, 1.165) is 12.3 Å². The third-order valence-corrected chi connectivity index (χ3v) is 2.89. The van der Waals surface area contributed by atoms with Gasteiger partial charge in [0.25, 0.3) is 5.79 Å². The van der Waals surface area contributed by atoms with E-state index in [0.29, 0.717) is 0 Å². The first-order valence-corrected chi connectivity index (χ1v) is 6.88. The van der Waals surface area contributed by atoms with Crippen molar-refractivity contribution in [2.24, 2.45) is 0 Å². The summed E-state index contributed by atoms with van der Waals surface area (Å²) in [6.07, 6.45) is -3.84. The van der Waals surface area contributed by atoms with Crippen LogP contribution in [0.3, 0.4) is 0 Å². The Labute approximate surface area is 140 Å². The highest BCUT2D eigenvalue weighted by Gasteiger charge is 2.39. The third kappa shape index (κ3) is 4.78. The van der Waals surface area contributed by atoms with Crippen LogP contribution in [0.4, 0.5) is 18.9 Å². The Morgan fingerprint density at radius 1 is 1.12 bits per heavy atom. The van der Waals surface area contributed by atoms with E-state index in [2.05, 4.69) is 10.1 Å². The SMILES string of the molecule is COc1cc(NC=C2C(=O)OC(C)(C)OC2=O)ccc1OC(F)(F)F. The minimum Gasteiger partial charge on any atom is -0.493 e. The predicted molar refractivity (Wildman–Crippen MR) is 77.6 cm³/mol. The van der Waals surface area contributed by atoms with Crippen LogP contribution < -0.4 is 14.8 Å². The monoisotopic (exact) mass is 361 g/mol. The van der Waals surface area contributed by atoms with Crippen LogP contribution in [0.1, 0.15) is 13.8 Å². The molecular formula is C15H14F3NO6. The topological polar surface area (TPSA) is 83.1 Å². The number of hydrogen-bond acceptors (Lipinski definition) is 7. The molecule has 0 aliphatic carbocycles. The van der Waals surface area contributed by atoms with Crippen molar-refractivity contribution in [2.75, 3.05) is 12.4 Å². The Balaban J connectivity index is 2.18. The molecule has 1 N–H and O–H groups in total. The van der Waals surface area contributed by atoms with Crippen LogP contribution in [-0.2, 0) is 19.1 Å². The molecule has 136 valence electrons. The second kappa shape index (κ2) is 6.54. The smallest absolute Gasteiger partial charge is 0.493 e. The number of halogens is 3. The average molecular weight is 361 g/mol. The van der Waals surface area contributed by atoms with Crippen LogP contribution >= 0.6 is 0 Å². The highest BCUT2D eigenvalue weighted by atomic mass is 19.4. The van der Waals surface area contributed by atoms with Crippen LogP contribution in [0.5, 0.6) is 11.5 Å². The molecule has 1 aromatic rings. The second-order valence-corrected chi connectivity index (χ2v) is 5.29. The Kier molecular flexibility index (Phi) is 4.82. The molecule has 1 aliphatic rings. The number of anilines is 1. The van der Waals surface area contributed by atoms with Gasteiger partial charge in [-0.1, -0.05) is 0 Å². The van der Waals surface area contributed by atoms with E-state index in [1.54, 1.807) is 0 Å². The van der Waals surface area contributed by atoms with Gasteiger partial charge in [-0.05, 0) is 12.1 Å². The largest absolute Gasteiger partial charge is 0.573 e. The highest BCUT2D eigenvalue weighted by molar-refractivity contribution is 6.15. The van der Waals surface area contributed by atoms with Gasteiger partial charge in [0.15, 0.2) is 17.1 Å². The fourth-order valence-electron chi connectivity index (χ4n) is 1.90. The van der Waals surface area contributed by atoms with E-state index in [-0.39, 0.29) is 11.4 Å². The summed E-state index contributed by atoms with van der Waals surface area (Å²) in [6.45, 7) is 2.80. The van der Waals surface area contributed by atoms with E-state index in [1.807, 2.05) is 0 Å². The van der Waals surface area contributed by atoms with Crippen molar-refractivity contribution in [1.29, 1.82) is 0 Å². The number of esters is 2. The summed E-state index contributed by atoms with van der Waals surface area (Å²) >= 11 is 0. The molecule has 1 aliphatic heterocycles. The number of ether oxygens (including phenoxy) is 4. The van der Waals surface area contributed by atoms with Crippen LogP contribution in [0, 0.1) is 0 Å². The van der Waals surface area contributed by atoms with Crippen molar-refractivity contribution in [1.82, 2.24) is 0 Å². The Bertz CT molecular complexity index is 704. The fourth-order valence-corrected chi connectivity index (χ4v) is 1.90. The van der Waals surface area contributed by atoms with Gasteiger partial charge in [-0.25, -0.2) is 9.59 Å². The zero-order valence-corrected chi connectivity index (χ0v) is 13.4. The lowest BCUT2D eigenvalue weighted by Crippen LogP contribution is -2.42. The molecule has 7 nitrogen and oxygen atoms in total. The van der Waals surface area contributed by atoms with Crippen molar-refractivity contribution in [3.8, 4) is 11.5 Å². The second-order valence-electron chi connectivity index (χ2n) is 5.29. The Hall–Kier alpha value is -2.91. The fraction of sp³-hybridized carbons (Fsp3) is 0.333. The number of nitrogens with one attached hydrogen (secondary N) is 1. The lowest BCUT2D eigenvalue weighted by atomic mass is 10.2. The van der Waals surface area contributed by atoms with Gasteiger partial charge in [-0.15, -0.1) is 13.2 Å². The summed E-state index contributed by atoms with van der Waals surface area (Å²) in [4.78, 5) is 23.5. The molecule has 0 atom stereocenters. The number of hydrogen-bond donors (Lipinski definition) is 1. The van der Waals surface area contributed by atoms with Gasteiger partial charge in [-0.2, -0.15) is 0 Å². The standard InChI is InChI=1S/C15H14F3NO6/c1-14(2)24-12(20)9(13(21)25-14)7-19-8-4-5-10(11(6-8)22-3)23-15(16,17)18/h4-7,19H,1-3H3. The lowest BCUT2D eigenvalue weighted by molar-refractivity contribution is -0.275. The van der Waals surface area contributed by atoms with Crippen molar-refractivity contribution in [3.63, 3.8) is 0 Å². The summed E-state index contributed by atoms with van der Waals surface area (Å²) in [5, 5.41) is 2.59. The summed E-state index contributed by atoms with van der Waals surface area (Å²) in [5.41, 5.74) is -0.154.